The van der Waals surface area contributed by atoms with Gasteiger partial charge >= 0.3 is 0 Å². The Morgan fingerprint density at radius 2 is 0.739 bits per heavy atom. The second kappa shape index (κ2) is 7.23. The first-order valence-corrected chi connectivity index (χ1v) is 8.04. The molecule has 0 fully saturated rings. The lowest BCUT2D eigenvalue weighted by molar-refractivity contribution is 0.163. The maximum absolute atomic E-state index is 15.8. The van der Waals surface area contributed by atoms with Crippen LogP contribution in [0.3, 0.4) is 0 Å². The molecule has 23 heavy (non-hydrogen) atoms. The lowest BCUT2D eigenvalue weighted by Gasteiger charge is -2.26. The average Bonchev–Trinajstić information content (AvgIpc) is 2.57. The van der Waals surface area contributed by atoms with E-state index in [0.29, 0.717) is 19.3 Å². The summed E-state index contributed by atoms with van der Waals surface area (Å²) in [4.78, 5) is 0. The van der Waals surface area contributed by atoms with E-state index < -0.39 is 5.67 Å². The lowest BCUT2D eigenvalue weighted by atomic mass is 9.84. The minimum atomic E-state index is -1.29. The van der Waals surface area contributed by atoms with Gasteiger partial charge in [-0.05, 0) is 16.7 Å². The van der Waals surface area contributed by atoms with Crippen molar-refractivity contribution in [1.29, 1.82) is 0 Å². The summed E-state index contributed by atoms with van der Waals surface area (Å²) in [6.07, 6.45) is 1.28. The second-order valence-corrected chi connectivity index (χ2v) is 6.14. The van der Waals surface area contributed by atoms with Crippen molar-refractivity contribution in [3.8, 4) is 0 Å². The monoisotopic (exact) mass is 304 g/mol. The fourth-order valence-corrected chi connectivity index (χ4v) is 3.07. The van der Waals surface area contributed by atoms with Crippen LogP contribution in [0.15, 0.2) is 91.0 Å². The highest BCUT2D eigenvalue weighted by atomic mass is 19.1. The first-order chi connectivity index (χ1) is 11.2. The molecule has 0 amide bonds. The van der Waals surface area contributed by atoms with E-state index in [2.05, 4.69) is 0 Å². The van der Waals surface area contributed by atoms with Gasteiger partial charge in [0, 0.05) is 19.3 Å². The van der Waals surface area contributed by atoms with E-state index in [9.17, 15) is 0 Å². The Bertz CT molecular complexity index is 603. The van der Waals surface area contributed by atoms with Gasteiger partial charge in [0.05, 0.1) is 0 Å². The topological polar surface area (TPSA) is 0 Å². The summed E-state index contributed by atoms with van der Waals surface area (Å²) >= 11 is 0. The third-order valence-electron chi connectivity index (χ3n) is 4.09. The summed E-state index contributed by atoms with van der Waals surface area (Å²) in [5, 5.41) is 0. The van der Waals surface area contributed by atoms with Crippen molar-refractivity contribution in [1.82, 2.24) is 0 Å². The van der Waals surface area contributed by atoms with Crippen molar-refractivity contribution in [3.63, 3.8) is 0 Å². The van der Waals surface area contributed by atoms with E-state index in [1.54, 1.807) is 0 Å². The van der Waals surface area contributed by atoms with Gasteiger partial charge in [0.25, 0.3) is 0 Å². The smallest absolute Gasteiger partial charge is 0.123 e. The first kappa shape index (κ1) is 15.5. The molecule has 0 atom stereocenters. The predicted molar refractivity (Wildman–Crippen MR) is 94.3 cm³/mol. The Morgan fingerprint density at radius 3 is 1.00 bits per heavy atom. The molecule has 3 rings (SSSR count). The van der Waals surface area contributed by atoms with Gasteiger partial charge in [-0.1, -0.05) is 91.0 Å². The number of hydrogen-bond donors (Lipinski definition) is 0. The highest BCUT2D eigenvalue weighted by Crippen LogP contribution is 2.28. The van der Waals surface area contributed by atoms with Gasteiger partial charge in [0.15, 0.2) is 0 Å². The molecule has 0 aliphatic heterocycles. The molecule has 0 unspecified atom stereocenters. The second-order valence-electron chi connectivity index (χ2n) is 6.14. The van der Waals surface area contributed by atoms with Gasteiger partial charge < -0.3 is 0 Å². The van der Waals surface area contributed by atoms with E-state index >= 15 is 4.39 Å². The Hall–Kier alpha value is -2.41. The zero-order valence-electron chi connectivity index (χ0n) is 13.2. The summed E-state index contributed by atoms with van der Waals surface area (Å²) < 4.78 is 15.8. The predicted octanol–water partition coefficient (Wildman–Crippen LogP) is 5.42. The fourth-order valence-electron chi connectivity index (χ4n) is 3.07. The highest BCUT2D eigenvalue weighted by Gasteiger charge is 2.30. The average molecular weight is 304 g/mol. The van der Waals surface area contributed by atoms with Gasteiger partial charge in [-0.25, -0.2) is 4.39 Å². The van der Waals surface area contributed by atoms with Crippen LogP contribution in [0, 0.1) is 0 Å². The Labute approximate surface area is 137 Å². The van der Waals surface area contributed by atoms with Crippen LogP contribution < -0.4 is 0 Å². The van der Waals surface area contributed by atoms with Gasteiger partial charge in [0.1, 0.15) is 5.67 Å². The van der Waals surface area contributed by atoms with Crippen molar-refractivity contribution in [3.05, 3.63) is 108 Å². The van der Waals surface area contributed by atoms with Gasteiger partial charge in [0.2, 0.25) is 0 Å². The first-order valence-electron chi connectivity index (χ1n) is 8.04. The van der Waals surface area contributed by atoms with Crippen LogP contribution in [-0.4, -0.2) is 5.67 Å². The summed E-state index contributed by atoms with van der Waals surface area (Å²) in [6.45, 7) is 0. The molecule has 0 aromatic heterocycles. The van der Waals surface area contributed by atoms with Crippen LogP contribution in [0.1, 0.15) is 16.7 Å². The molecule has 0 saturated heterocycles. The molecule has 3 aromatic rings. The highest BCUT2D eigenvalue weighted by molar-refractivity contribution is 5.25. The molecule has 0 nitrogen and oxygen atoms in total. The summed E-state index contributed by atoms with van der Waals surface area (Å²) in [5.41, 5.74) is 1.84. The molecule has 3 aromatic carbocycles. The number of rotatable bonds is 6. The maximum atomic E-state index is 15.8. The quantitative estimate of drug-likeness (QED) is 0.570. The van der Waals surface area contributed by atoms with Crippen LogP contribution in [0.4, 0.5) is 4.39 Å². The maximum Gasteiger partial charge on any atom is 0.123 e. The minimum absolute atomic E-state index is 0.428. The third-order valence-corrected chi connectivity index (χ3v) is 4.09. The zero-order chi connectivity index (χ0) is 16.0. The number of hydrogen-bond acceptors (Lipinski definition) is 0. The van der Waals surface area contributed by atoms with Crippen molar-refractivity contribution in [2.24, 2.45) is 0 Å². The van der Waals surface area contributed by atoms with Crippen molar-refractivity contribution >= 4 is 0 Å². The van der Waals surface area contributed by atoms with E-state index in [4.69, 9.17) is 0 Å². The summed E-state index contributed by atoms with van der Waals surface area (Å²) in [6, 6.07) is 29.8. The van der Waals surface area contributed by atoms with E-state index in [0.717, 1.165) is 16.7 Å². The van der Waals surface area contributed by atoms with Crippen LogP contribution in [0.2, 0.25) is 0 Å². The number of alkyl halides is 1. The third kappa shape index (κ3) is 4.53. The molecule has 0 spiro atoms. The van der Waals surface area contributed by atoms with Crippen molar-refractivity contribution < 1.29 is 4.39 Å². The molecule has 0 bridgehead atoms. The molecular weight excluding hydrogens is 283 g/mol. The van der Waals surface area contributed by atoms with Crippen LogP contribution in [-0.2, 0) is 19.3 Å². The molecule has 0 heterocycles. The molecular formula is C22H21F. The Kier molecular flexibility index (Phi) is 4.87. The lowest BCUT2D eigenvalue weighted by Crippen LogP contribution is -2.32. The van der Waals surface area contributed by atoms with Crippen LogP contribution in [0.5, 0.6) is 0 Å². The molecule has 1 heteroatoms. The molecule has 0 saturated carbocycles. The van der Waals surface area contributed by atoms with Gasteiger partial charge in [-0.2, -0.15) is 0 Å². The van der Waals surface area contributed by atoms with Gasteiger partial charge in [-0.15, -0.1) is 0 Å². The van der Waals surface area contributed by atoms with Crippen LogP contribution >= 0.6 is 0 Å². The normalized spacial score (nSPS) is 11.3. The standard InChI is InChI=1S/C22H21F/c23-22(16-19-10-4-1-5-11-19,17-20-12-6-2-7-13-20)18-21-14-8-3-9-15-21/h1-15H,16-18H2. The van der Waals surface area contributed by atoms with Crippen molar-refractivity contribution in [2.75, 3.05) is 0 Å². The largest absolute Gasteiger partial charge is 0.243 e. The molecule has 0 aliphatic carbocycles. The van der Waals surface area contributed by atoms with Crippen molar-refractivity contribution in [2.45, 2.75) is 24.9 Å². The molecule has 0 N–H and O–H groups in total. The summed E-state index contributed by atoms with van der Waals surface area (Å²) in [5.74, 6) is 0. The van der Waals surface area contributed by atoms with E-state index in [1.807, 2.05) is 91.0 Å². The minimum Gasteiger partial charge on any atom is -0.243 e. The number of benzene rings is 3. The zero-order valence-corrected chi connectivity index (χ0v) is 13.2. The van der Waals surface area contributed by atoms with Gasteiger partial charge in [-0.3, -0.25) is 0 Å². The SMILES string of the molecule is FC(Cc1ccccc1)(Cc1ccccc1)Cc1ccccc1. The Morgan fingerprint density at radius 1 is 0.478 bits per heavy atom. The Balaban J connectivity index is 1.85. The van der Waals surface area contributed by atoms with E-state index in [1.165, 1.54) is 0 Å². The van der Waals surface area contributed by atoms with Crippen LogP contribution in [0.25, 0.3) is 0 Å². The molecule has 116 valence electrons. The summed E-state index contributed by atoms with van der Waals surface area (Å²) in [7, 11) is 0. The number of halogens is 1. The molecule has 0 aliphatic rings. The molecule has 0 radical (unpaired) electrons. The van der Waals surface area contributed by atoms with E-state index in [-0.39, 0.29) is 0 Å². The fraction of sp³-hybridized carbons (Fsp3) is 0.182.